The number of esters is 1. The molecule has 0 aromatic carbocycles. The van der Waals surface area contributed by atoms with Gasteiger partial charge < -0.3 is 9.57 Å². The van der Waals surface area contributed by atoms with E-state index in [9.17, 15) is 9.59 Å². The molecule has 0 aliphatic rings. The van der Waals surface area contributed by atoms with Crippen LogP contribution >= 0.6 is 11.8 Å². The fourth-order valence-electron chi connectivity index (χ4n) is 0.617. The third-order valence-corrected chi connectivity index (χ3v) is 1.95. The van der Waals surface area contributed by atoms with Crippen molar-refractivity contribution >= 4 is 28.6 Å². The predicted molar refractivity (Wildman–Crippen MR) is 54.2 cm³/mol. The average molecular weight is 219 g/mol. The van der Waals surface area contributed by atoms with Gasteiger partial charge in [-0.15, -0.1) is 0 Å². The minimum absolute atomic E-state index is 0.0851. The number of carbonyl (C=O) groups excluding carboxylic acids is 2. The summed E-state index contributed by atoms with van der Waals surface area (Å²) in [6, 6.07) is 0. The van der Waals surface area contributed by atoms with Gasteiger partial charge in [-0.1, -0.05) is 16.9 Å². The second-order valence-corrected chi connectivity index (χ2v) is 3.37. The molecular formula is C8H13NO4S. The van der Waals surface area contributed by atoms with Gasteiger partial charge in [-0.05, 0) is 6.92 Å². The third-order valence-electron chi connectivity index (χ3n) is 1.12. The van der Waals surface area contributed by atoms with Gasteiger partial charge >= 0.3 is 5.97 Å². The largest absolute Gasteiger partial charge is 0.461 e. The van der Waals surface area contributed by atoms with Crippen LogP contribution < -0.4 is 0 Å². The molecule has 0 aliphatic heterocycles. The van der Waals surface area contributed by atoms with Gasteiger partial charge in [-0.25, -0.2) is 4.79 Å². The molecular weight excluding hydrogens is 206 g/mol. The number of nitrogens with zero attached hydrogens (tertiary/aromatic N) is 1. The molecule has 0 saturated carbocycles. The van der Waals surface area contributed by atoms with Crippen LogP contribution in [0.2, 0.25) is 0 Å². The zero-order valence-corrected chi connectivity index (χ0v) is 9.22. The van der Waals surface area contributed by atoms with Gasteiger partial charge in [0.1, 0.15) is 7.11 Å². The van der Waals surface area contributed by atoms with Crippen LogP contribution in [0.1, 0.15) is 13.8 Å². The van der Waals surface area contributed by atoms with Crippen molar-refractivity contribution in [3.63, 3.8) is 0 Å². The maximum absolute atomic E-state index is 11.2. The lowest BCUT2D eigenvalue weighted by atomic mass is 10.4. The number of rotatable bonds is 5. The lowest BCUT2D eigenvalue weighted by Gasteiger charge is -2.03. The first-order chi connectivity index (χ1) is 6.61. The zero-order chi connectivity index (χ0) is 11.0. The summed E-state index contributed by atoms with van der Waals surface area (Å²) < 4.78 is 4.71. The van der Waals surface area contributed by atoms with Crippen LogP contribution in [-0.2, 0) is 19.2 Å². The van der Waals surface area contributed by atoms with Gasteiger partial charge in [0.15, 0.2) is 10.8 Å². The summed E-state index contributed by atoms with van der Waals surface area (Å²) >= 11 is 0.983. The van der Waals surface area contributed by atoms with E-state index in [-0.39, 0.29) is 23.2 Å². The fourth-order valence-corrected chi connectivity index (χ4v) is 1.13. The number of thioether (sulfide) groups is 1. The normalized spacial score (nSPS) is 10.9. The highest BCUT2D eigenvalue weighted by Crippen LogP contribution is 2.03. The van der Waals surface area contributed by atoms with Crippen molar-refractivity contribution < 1.29 is 19.2 Å². The van der Waals surface area contributed by atoms with Gasteiger partial charge in [0.2, 0.25) is 0 Å². The van der Waals surface area contributed by atoms with Crippen molar-refractivity contribution in [1.82, 2.24) is 0 Å². The van der Waals surface area contributed by atoms with Crippen LogP contribution in [0.25, 0.3) is 0 Å². The Kier molecular flexibility index (Phi) is 6.82. The maximum Gasteiger partial charge on any atom is 0.356 e. The summed E-state index contributed by atoms with van der Waals surface area (Å²) in [5, 5.41) is 3.40. The molecule has 0 radical (unpaired) electrons. The van der Waals surface area contributed by atoms with E-state index < -0.39 is 5.97 Å². The summed E-state index contributed by atoms with van der Waals surface area (Å²) in [4.78, 5) is 26.3. The zero-order valence-electron chi connectivity index (χ0n) is 8.40. The standard InChI is InChI=1S/C8H13NO4S/c1-4-13-8(11)7(9-12-3)5-14-6(2)10/h4-5H2,1-3H3. The predicted octanol–water partition coefficient (Wildman–Crippen LogP) is 0.832. The van der Waals surface area contributed by atoms with Crippen LogP contribution in [-0.4, -0.2) is 36.3 Å². The molecule has 6 heteroatoms. The average Bonchev–Trinajstić information content (AvgIpc) is 2.12. The van der Waals surface area contributed by atoms with Crippen LogP contribution in [0.3, 0.4) is 0 Å². The lowest BCUT2D eigenvalue weighted by molar-refractivity contribution is -0.135. The highest BCUT2D eigenvalue weighted by atomic mass is 32.2. The van der Waals surface area contributed by atoms with Crippen molar-refractivity contribution in [3.8, 4) is 0 Å². The number of carbonyl (C=O) groups is 2. The van der Waals surface area contributed by atoms with E-state index in [0.717, 1.165) is 11.8 Å². The van der Waals surface area contributed by atoms with E-state index in [1.54, 1.807) is 6.92 Å². The number of oxime groups is 1. The third kappa shape index (κ3) is 5.58. The van der Waals surface area contributed by atoms with Gasteiger partial charge in [-0.3, -0.25) is 4.79 Å². The van der Waals surface area contributed by atoms with Gasteiger partial charge in [0.25, 0.3) is 0 Å². The maximum atomic E-state index is 11.2. The summed E-state index contributed by atoms with van der Waals surface area (Å²) in [6.45, 7) is 3.38. The molecule has 14 heavy (non-hydrogen) atoms. The highest BCUT2D eigenvalue weighted by Gasteiger charge is 2.14. The van der Waals surface area contributed by atoms with E-state index in [4.69, 9.17) is 4.74 Å². The van der Waals surface area contributed by atoms with Crippen molar-refractivity contribution in [2.24, 2.45) is 5.16 Å². The molecule has 5 nitrogen and oxygen atoms in total. The number of hydrogen-bond acceptors (Lipinski definition) is 6. The van der Waals surface area contributed by atoms with E-state index in [2.05, 4.69) is 9.99 Å². The molecule has 80 valence electrons. The molecule has 0 N–H and O–H groups in total. The summed E-state index contributed by atoms with van der Waals surface area (Å²) in [6.07, 6.45) is 0. The number of ether oxygens (including phenoxy) is 1. The van der Waals surface area contributed by atoms with E-state index in [0.29, 0.717) is 0 Å². The van der Waals surface area contributed by atoms with Gasteiger partial charge in [0.05, 0.1) is 12.4 Å². The Morgan fingerprint density at radius 1 is 1.43 bits per heavy atom. The first-order valence-electron chi connectivity index (χ1n) is 4.02. The SMILES string of the molecule is CCOC(=O)C(CSC(C)=O)=NOC. The Balaban J connectivity index is 4.22. The first-order valence-corrected chi connectivity index (χ1v) is 5.00. The molecule has 0 unspecified atom stereocenters. The Morgan fingerprint density at radius 2 is 2.07 bits per heavy atom. The quantitative estimate of drug-likeness (QED) is 0.389. The molecule has 0 spiro atoms. The Hall–Kier alpha value is -1.04. The molecule has 0 rings (SSSR count). The lowest BCUT2D eigenvalue weighted by Crippen LogP contribution is -2.20. The molecule has 0 heterocycles. The van der Waals surface area contributed by atoms with Crippen molar-refractivity contribution in [2.75, 3.05) is 19.5 Å². The molecule has 0 saturated heterocycles. The van der Waals surface area contributed by atoms with Crippen molar-refractivity contribution in [2.45, 2.75) is 13.8 Å². The van der Waals surface area contributed by atoms with Gasteiger partial charge in [-0.2, -0.15) is 0 Å². The summed E-state index contributed by atoms with van der Waals surface area (Å²) in [7, 11) is 1.33. The summed E-state index contributed by atoms with van der Waals surface area (Å²) in [5.41, 5.74) is 0.106. The molecule has 0 atom stereocenters. The van der Waals surface area contributed by atoms with Crippen LogP contribution in [0, 0.1) is 0 Å². The second kappa shape index (κ2) is 7.37. The van der Waals surface area contributed by atoms with E-state index >= 15 is 0 Å². The van der Waals surface area contributed by atoms with Crippen molar-refractivity contribution in [1.29, 1.82) is 0 Å². The molecule has 0 aliphatic carbocycles. The fraction of sp³-hybridized carbons (Fsp3) is 0.625. The number of hydrogen-bond donors (Lipinski definition) is 0. The van der Waals surface area contributed by atoms with Crippen LogP contribution in [0.15, 0.2) is 5.16 Å². The molecule has 0 bridgehead atoms. The van der Waals surface area contributed by atoms with Crippen LogP contribution in [0.4, 0.5) is 0 Å². The molecule has 0 amide bonds. The molecule has 0 aromatic rings. The molecule has 0 fully saturated rings. The smallest absolute Gasteiger partial charge is 0.356 e. The Morgan fingerprint density at radius 3 is 2.50 bits per heavy atom. The Bertz CT molecular complexity index is 239. The minimum Gasteiger partial charge on any atom is -0.461 e. The van der Waals surface area contributed by atoms with Crippen LogP contribution in [0.5, 0.6) is 0 Å². The first kappa shape index (κ1) is 13.0. The van der Waals surface area contributed by atoms with E-state index in [1.807, 2.05) is 0 Å². The second-order valence-electron chi connectivity index (χ2n) is 2.22. The summed E-state index contributed by atoms with van der Waals surface area (Å²) in [5.74, 6) is -0.384. The topological polar surface area (TPSA) is 65.0 Å². The van der Waals surface area contributed by atoms with E-state index in [1.165, 1.54) is 14.0 Å². The Labute approximate surface area is 86.8 Å². The highest BCUT2D eigenvalue weighted by molar-refractivity contribution is 8.14. The molecule has 0 aromatic heterocycles. The monoisotopic (exact) mass is 219 g/mol. The van der Waals surface area contributed by atoms with Crippen molar-refractivity contribution in [3.05, 3.63) is 0 Å². The minimum atomic E-state index is -0.553. The van der Waals surface area contributed by atoms with Gasteiger partial charge in [0, 0.05) is 6.92 Å².